The second-order valence-corrected chi connectivity index (χ2v) is 12.2. The van der Waals surface area contributed by atoms with E-state index in [0.29, 0.717) is 45.1 Å². The molecule has 4 bridgehead atoms. The first-order valence-electron chi connectivity index (χ1n) is 11.4. The van der Waals surface area contributed by atoms with Crippen molar-refractivity contribution in [2.24, 2.45) is 23.2 Å². The van der Waals surface area contributed by atoms with Gasteiger partial charge in [0.1, 0.15) is 0 Å². The summed E-state index contributed by atoms with van der Waals surface area (Å²) in [4.78, 5) is 27.0. The van der Waals surface area contributed by atoms with Crippen LogP contribution in [0.3, 0.4) is 0 Å². The van der Waals surface area contributed by atoms with Crippen molar-refractivity contribution in [3.8, 4) is 11.5 Å². The Kier molecular flexibility index (Phi) is 6.24. The SMILES string of the molecule is CCOc1cc(/C=C2/SC(=S)N(NC(=O)C34CC5CC(CC(C5)C3)C4)C2=O)cc(Br)c1OC. The number of thiocarbonyl (C=S) groups is 1. The number of methoxy groups -OCH3 is 1. The van der Waals surface area contributed by atoms with Crippen molar-refractivity contribution in [2.45, 2.75) is 45.4 Å². The Bertz CT molecular complexity index is 1020. The number of halogens is 1. The van der Waals surface area contributed by atoms with E-state index in [1.807, 2.05) is 19.1 Å². The Hall–Kier alpha value is -1.58. The number of amides is 2. The second-order valence-electron chi connectivity index (χ2n) is 9.62. The number of hydrazine groups is 1. The maximum Gasteiger partial charge on any atom is 0.285 e. The van der Waals surface area contributed by atoms with Gasteiger partial charge in [0, 0.05) is 0 Å². The van der Waals surface area contributed by atoms with E-state index >= 15 is 0 Å². The highest BCUT2D eigenvalue weighted by Crippen LogP contribution is 2.60. The Balaban J connectivity index is 1.34. The van der Waals surface area contributed by atoms with E-state index in [1.165, 1.54) is 36.0 Å². The van der Waals surface area contributed by atoms with E-state index < -0.39 is 0 Å². The van der Waals surface area contributed by atoms with Crippen LogP contribution in [0.5, 0.6) is 11.5 Å². The van der Waals surface area contributed by atoms with Crippen molar-refractivity contribution in [2.75, 3.05) is 13.7 Å². The number of nitrogens with zero attached hydrogens (tertiary/aromatic N) is 1. The lowest BCUT2D eigenvalue weighted by atomic mass is 9.49. The van der Waals surface area contributed by atoms with Crippen molar-refractivity contribution in [1.82, 2.24) is 10.4 Å². The van der Waals surface area contributed by atoms with Gasteiger partial charge in [0.05, 0.1) is 28.5 Å². The van der Waals surface area contributed by atoms with Crippen LogP contribution < -0.4 is 14.9 Å². The minimum absolute atomic E-state index is 0.0371. The van der Waals surface area contributed by atoms with Crippen LogP contribution >= 0.6 is 39.9 Å². The molecule has 0 atom stereocenters. The standard InChI is InChI=1S/C24H27BrN2O4S2/c1-3-31-18-8-13(7-17(25)20(18)30-2)9-19-21(28)27(23(32)33-19)26-22(29)24-10-14-4-15(11-24)6-16(5-14)12-24/h7-9,14-16H,3-6,10-12H2,1-2H3,(H,26,29)/b19-9+. The van der Waals surface area contributed by atoms with Crippen molar-refractivity contribution in [1.29, 1.82) is 0 Å². The number of nitrogens with one attached hydrogen (secondary N) is 1. The number of thioether (sulfide) groups is 1. The molecular formula is C24H27BrN2O4S2. The summed E-state index contributed by atoms with van der Waals surface area (Å²) in [5.74, 6) is 2.82. The molecule has 6 rings (SSSR count). The second kappa shape index (κ2) is 8.89. The molecule has 5 aliphatic rings. The Morgan fingerprint density at radius 1 is 1.27 bits per heavy atom. The summed E-state index contributed by atoms with van der Waals surface area (Å²) in [5.41, 5.74) is 3.34. The van der Waals surface area contributed by atoms with Crippen LogP contribution in [0.25, 0.3) is 6.08 Å². The molecule has 2 amide bonds. The van der Waals surface area contributed by atoms with Gasteiger partial charge in [-0.05, 0) is 115 Å². The van der Waals surface area contributed by atoms with E-state index in [-0.39, 0.29) is 17.2 Å². The zero-order valence-corrected chi connectivity index (χ0v) is 21.9. The minimum atomic E-state index is -0.338. The third-order valence-electron chi connectivity index (χ3n) is 7.36. The molecule has 1 aromatic rings. The van der Waals surface area contributed by atoms with E-state index in [1.54, 1.807) is 13.2 Å². The van der Waals surface area contributed by atoms with Gasteiger partial charge < -0.3 is 9.47 Å². The van der Waals surface area contributed by atoms with Crippen LogP contribution in [-0.2, 0) is 9.59 Å². The lowest BCUT2D eigenvalue weighted by Gasteiger charge is -2.55. The molecule has 1 aromatic carbocycles. The Labute approximate surface area is 211 Å². The smallest absolute Gasteiger partial charge is 0.285 e. The fraction of sp³-hybridized carbons (Fsp3) is 0.542. The fourth-order valence-electron chi connectivity index (χ4n) is 6.46. The third kappa shape index (κ3) is 4.21. The van der Waals surface area contributed by atoms with E-state index in [9.17, 15) is 9.59 Å². The summed E-state index contributed by atoms with van der Waals surface area (Å²) in [7, 11) is 1.58. The number of hydrogen-bond acceptors (Lipinski definition) is 6. The zero-order chi connectivity index (χ0) is 23.3. The molecule has 1 aliphatic heterocycles. The maximum absolute atomic E-state index is 13.4. The highest BCUT2D eigenvalue weighted by atomic mass is 79.9. The number of hydrogen-bond donors (Lipinski definition) is 1. The Morgan fingerprint density at radius 2 is 1.91 bits per heavy atom. The molecule has 1 N–H and O–H groups in total. The van der Waals surface area contributed by atoms with Crippen molar-refractivity contribution < 1.29 is 19.1 Å². The van der Waals surface area contributed by atoms with Gasteiger partial charge in [0.2, 0.25) is 5.91 Å². The number of benzene rings is 1. The van der Waals surface area contributed by atoms with Crippen molar-refractivity contribution >= 4 is 62.1 Å². The topological polar surface area (TPSA) is 67.9 Å². The number of rotatable bonds is 6. The third-order valence-corrected chi connectivity index (χ3v) is 9.25. The Morgan fingerprint density at radius 3 is 2.48 bits per heavy atom. The van der Waals surface area contributed by atoms with Crippen LogP contribution in [0.1, 0.15) is 51.0 Å². The van der Waals surface area contributed by atoms with Gasteiger partial charge in [0.15, 0.2) is 15.8 Å². The van der Waals surface area contributed by atoms with E-state index in [4.69, 9.17) is 21.7 Å². The van der Waals surface area contributed by atoms with E-state index in [2.05, 4.69) is 21.4 Å². The minimum Gasteiger partial charge on any atom is -0.492 e. The maximum atomic E-state index is 13.4. The summed E-state index contributed by atoms with van der Waals surface area (Å²) in [6.45, 7) is 2.39. The summed E-state index contributed by atoms with van der Waals surface area (Å²) >= 11 is 10.2. The van der Waals surface area contributed by atoms with Gasteiger partial charge >= 0.3 is 0 Å². The monoisotopic (exact) mass is 550 g/mol. The van der Waals surface area contributed by atoms with Crippen LogP contribution in [-0.4, -0.2) is 34.9 Å². The number of carbonyl (C=O) groups excluding carboxylic acids is 2. The van der Waals surface area contributed by atoms with Crippen LogP contribution in [0.15, 0.2) is 21.5 Å². The van der Waals surface area contributed by atoms with Gasteiger partial charge in [-0.3, -0.25) is 15.0 Å². The molecular weight excluding hydrogens is 524 g/mol. The molecule has 1 saturated heterocycles. The van der Waals surface area contributed by atoms with Gasteiger partial charge in [-0.25, -0.2) is 0 Å². The van der Waals surface area contributed by atoms with Crippen molar-refractivity contribution in [3.05, 3.63) is 27.1 Å². The van der Waals surface area contributed by atoms with Gasteiger partial charge in [-0.2, -0.15) is 5.01 Å². The molecule has 4 aliphatic carbocycles. The highest BCUT2D eigenvalue weighted by molar-refractivity contribution is 9.10. The van der Waals surface area contributed by atoms with Crippen LogP contribution in [0.4, 0.5) is 0 Å². The predicted molar refractivity (Wildman–Crippen MR) is 136 cm³/mol. The summed E-state index contributed by atoms with van der Waals surface area (Å²) in [6.07, 6.45) is 8.37. The normalized spacial score (nSPS) is 31.4. The molecule has 176 valence electrons. The average Bonchev–Trinajstić information content (AvgIpc) is 3.00. The molecule has 9 heteroatoms. The zero-order valence-electron chi connectivity index (χ0n) is 18.7. The molecule has 6 nitrogen and oxygen atoms in total. The quantitative estimate of drug-likeness (QED) is 0.382. The van der Waals surface area contributed by atoms with Gasteiger partial charge in [-0.15, -0.1) is 0 Å². The first-order chi connectivity index (χ1) is 15.8. The summed E-state index contributed by atoms with van der Waals surface area (Å²) < 4.78 is 12.2. The predicted octanol–water partition coefficient (Wildman–Crippen LogP) is 5.31. The van der Waals surface area contributed by atoms with Gasteiger partial charge in [-0.1, -0.05) is 11.8 Å². The molecule has 0 spiro atoms. The van der Waals surface area contributed by atoms with Crippen molar-refractivity contribution in [3.63, 3.8) is 0 Å². The lowest BCUT2D eigenvalue weighted by molar-refractivity contribution is -0.152. The van der Waals surface area contributed by atoms with E-state index in [0.717, 1.165) is 29.3 Å². The molecule has 0 aromatic heterocycles. The van der Waals surface area contributed by atoms with Crippen LogP contribution in [0, 0.1) is 23.2 Å². The average molecular weight is 552 g/mol. The largest absolute Gasteiger partial charge is 0.492 e. The molecule has 0 radical (unpaired) electrons. The number of ether oxygens (including phenoxy) is 2. The van der Waals surface area contributed by atoms with Gasteiger partial charge in [0.25, 0.3) is 5.91 Å². The summed E-state index contributed by atoms with van der Waals surface area (Å²) in [5, 5.41) is 1.26. The highest BCUT2D eigenvalue weighted by Gasteiger charge is 2.55. The van der Waals surface area contributed by atoms with Crippen LogP contribution in [0.2, 0.25) is 0 Å². The molecule has 33 heavy (non-hydrogen) atoms. The molecule has 4 saturated carbocycles. The summed E-state index contributed by atoms with van der Waals surface area (Å²) in [6, 6.07) is 3.69. The first-order valence-corrected chi connectivity index (χ1v) is 13.4. The lowest BCUT2D eigenvalue weighted by Crippen LogP contribution is -2.57. The fourth-order valence-corrected chi connectivity index (χ4v) is 8.26. The molecule has 1 heterocycles. The molecule has 0 unspecified atom stereocenters. The molecule has 5 fully saturated rings. The number of carbonyl (C=O) groups is 2. The first kappa shape index (κ1) is 23.2.